The average Bonchev–Trinajstić information content (AvgIpc) is 2.95. The van der Waals surface area contributed by atoms with Crippen molar-refractivity contribution in [3.05, 3.63) is 63.9 Å². The zero-order valence-electron chi connectivity index (χ0n) is 16.5. The van der Waals surface area contributed by atoms with Gasteiger partial charge in [0.05, 0.1) is 0 Å². The summed E-state index contributed by atoms with van der Waals surface area (Å²) in [5.41, 5.74) is 9.36. The Balaban J connectivity index is 0. The zero-order chi connectivity index (χ0) is 17.3. The monoisotopic (exact) mass is 419 g/mol. The van der Waals surface area contributed by atoms with Crippen LogP contribution in [0.15, 0.2) is 35.6 Å². The largest absolute Gasteiger partial charge is 3.00 e. The molecule has 0 nitrogen and oxygen atoms in total. The van der Waals surface area contributed by atoms with E-state index in [1.165, 1.54) is 27.8 Å². The maximum absolute atomic E-state index is 3.17. The molecular weight excluding hydrogens is 388 g/mol. The van der Waals surface area contributed by atoms with Crippen molar-refractivity contribution in [2.75, 3.05) is 0 Å². The molecule has 124 valence electrons. The smallest absolute Gasteiger partial charge is 0.199 e. The van der Waals surface area contributed by atoms with Gasteiger partial charge in [0.2, 0.25) is 0 Å². The van der Waals surface area contributed by atoms with Crippen molar-refractivity contribution in [1.82, 2.24) is 0 Å². The summed E-state index contributed by atoms with van der Waals surface area (Å²) >= 11 is 0. The van der Waals surface area contributed by atoms with Gasteiger partial charge < -0.3 is 0 Å². The fraction of sp³-hybridized carbons (Fsp3) is 0.450. The Bertz CT molecular complexity index is 504. The number of aryl methyl sites for hydroxylation is 2. The first-order chi connectivity index (χ1) is 10.1. The molecule has 0 saturated heterocycles. The normalized spacial score (nSPS) is 13.9. The second-order valence-electron chi connectivity index (χ2n) is 6.97. The van der Waals surface area contributed by atoms with Crippen LogP contribution in [0.1, 0.15) is 22.3 Å². The molecule has 0 saturated carbocycles. The van der Waals surface area contributed by atoms with Gasteiger partial charge in [-0.1, -0.05) is 60.4 Å². The fourth-order valence-electron chi connectivity index (χ4n) is 2.03. The Kier molecular flexibility index (Phi) is 13.4. The standard InChI is InChI=1S/C9H13Si.C9H13.C2H7Si.Zr/c1-10(2,3)8-9-6-4-5-7-9;1-6-5-7(2)9(4)8(6)3;1-3-2;/h4-6,8H,1-3H3;5H,1-4H3;3H,1-2H3;/q2*-1;;+3. The van der Waals surface area contributed by atoms with Crippen molar-refractivity contribution in [2.45, 2.75) is 60.4 Å². The number of hydrogen-bond donors (Lipinski definition) is 0. The van der Waals surface area contributed by atoms with E-state index in [-0.39, 0.29) is 26.2 Å². The minimum Gasteiger partial charge on any atom is -0.199 e. The van der Waals surface area contributed by atoms with Crippen LogP contribution in [0.25, 0.3) is 0 Å². The molecule has 1 aromatic carbocycles. The third kappa shape index (κ3) is 11.1. The number of allylic oxidation sites excluding steroid dienone is 5. The van der Waals surface area contributed by atoms with Crippen molar-refractivity contribution in [1.29, 1.82) is 0 Å². The van der Waals surface area contributed by atoms with Gasteiger partial charge in [0.15, 0.2) is 0 Å². The van der Waals surface area contributed by atoms with Gasteiger partial charge in [-0.15, -0.1) is 6.08 Å². The van der Waals surface area contributed by atoms with Crippen LogP contribution in [-0.2, 0) is 26.2 Å². The molecule has 0 spiro atoms. The van der Waals surface area contributed by atoms with E-state index in [0.29, 0.717) is 0 Å². The number of rotatable bonds is 1. The third-order valence-electron chi connectivity index (χ3n) is 3.39. The summed E-state index contributed by atoms with van der Waals surface area (Å²) < 4.78 is 0. The van der Waals surface area contributed by atoms with Crippen molar-refractivity contribution >= 4 is 17.6 Å². The summed E-state index contributed by atoms with van der Waals surface area (Å²) in [5, 5.41) is 0. The maximum Gasteiger partial charge on any atom is 3.00 e. The molecule has 1 aliphatic carbocycles. The Morgan fingerprint density at radius 1 is 1.13 bits per heavy atom. The predicted molar refractivity (Wildman–Crippen MR) is 108 cm³/mol. The number of hydrogen-bond acceptors (Lipinski definition) is 0. The molecule has 0 fully saturated rings. The van der Waals surface area contributed by atoms with Crippen LogP contribution in [0.5, 0.6) is 0 Å². The Morgan fingerprint density at radius 2 is 1.65 bits per heavy atom. The average molecular weight is 421 g/mol. The topological polar surface area (TPSA) is 0 Å². The van der Waals surface area contributed by atoms with Crippen LogP contribution in [0.2, 0.25) is 32.7 Å². The van der Waals surface area contributed by atoms with E-state index < -0.39 is 8.07 Å². The Hall–Kier alpha value is -0.113. The van der Waals surface area contributed by atoms with Gasteiger partial charge in [-0.05, 0) is 0 Å². The fourth-order valence-corrected chi connectivity index (χ4v) is 3.15. The summed E-state index contributed by atoms with van der Waals surface area (Å²) in [6, 6.07) is 2.24. The van der Waals surface area contributed by atoms with Crippen molar-refractivity contribution in [3.63, 3.8) is 0 Å². The summed E-state index contributed by atoms with van der Waals surface area (Å²) in [7, 11) is -0.268. The molecule has 0 amide bonds. The minimum atomic E-state index is -1.02. The van der Waals surface area contributed by atoms with Crippen LogP contribution in [-0.4, -0.2) is 17.6 Å². The van der Waals surface area contributed by atoms with E-state index in [1.54, 1.807) is 0 Å². The molecule has 0 unspecified atom stereocenters. The molecule has 0 N–H and O–H groups in total. The van der Waals surface area contributed by atoms with Crippen LogP contribution in [0.3, 0.4) is 0 Å². The molecule has 3 heteroatoms. The SMILES string of the molecule is C[SiH]C.C[Si](C)(C)C=C1[C-]=CC=C1.Cc1c[c-](C)c(C)c1C.[Zr+3]. The molecule has 1 aromatic rings. The van der Waals surface area contributed by atoms with Crippen molar-refractivity contribution < 1.29 is 26.2 Å². The van der Waals surface area contributed by atoms with Gasteiger partial charge in [0.25, 0.3) is 0 Å². The van der Waals surface area contributed by atoms with E-state index in [1.807, 2.05) is 12.2 Å². The van der Waals surface area contributed by atoms with Gasteiger partial charge in [-0.3, -0.25) is 0 Å². The minimum absolute atomic E-state index is 0. The Morgan fingerprint density at radius 3 is 1.87 bits per heavy atom. The third-order valence-corrected chi connectivity index (χ3v) is 4.57. The molecule has 0 aliphatic heterocycles. The van der Waals surface area contributed by atoms with Crippen LogP contribution in [0, 0.1) is 33.8 Å². The molecule has 23 heavy (non-hydrogen) atoms. The summed E-state index contributed by atoms with van der Waals surface area (Å²) in [6.07, 6.45) is 9.28. The second-order valence-corrected chi connectivity index (χ2v) is 13.1. The molecule has 1 aliphatic rings. The molecular formula is C20H33Si2Zr+. The molecule has 0 atom stereocenters. The van der Waals surface area contributed by atoms with Crippen LogP contribution < -0.4 is 0 Å². The summed E-state index contributed by atoms with van der Waals surface area (Å²) in [4.78, 5) is 0. The molecule has 2 radical (unpaired) electrons. The summed E-state index contributed by atoms with van der Waals surface area (Å²) in [6.45, 7) is 20.1. The zero-order valence-corrected chi connectivity index (χ0v) is 21.1. The van der Waals surface area contributed by atoms with Gasteiger partial charge >= 0.3 is 26.2 Å². The predicted octanol–water partition coefficient (Wildman–Crippen LogP) is 5.88. The molecule has 2 rings (SSSR count). The van der Waals surface area contributed by atoms with Crippen LogP contribution in [0.4, 0.5) is 0 Å². The first-order valence-electron chi connectivity index (χ1n) is 8.05. The molecule has 0 aromatic heterocycles. The van der Waals surface area contributed by atoms with Gasteiger partial charge in [-0.2, -0.15) is 57.8 Å². The first-order valence-corrected chi connectivity index (χ1v) is 13.9. The molecule has 0 heterocycles. The van der Waals surface area contributed by atoms with E-state index in [4.69, 9.17) is 0 Å². The van der Waals surface area contributed by atoms with Gasteiger partial charge in [0, 0.05) is 17.6 Å². The van der Waals surface area contributed by atoms with Gasteiger partial charge in [0.1, 0.15) is 0 Å². The first kappa shape index (κ1) is 25.1. The Labute approximate surface area is 167 Å². The maximum atomic E-state index is 3.17. The molecule has 0 bridgehead atoms. The second kappa shape index (κ2) is 12.3. The van der Waals surface area contributed by atoms with Crippen LogP contribution >= 0.6 is 0 Å². The summed E-state index contributed by atoms with van der Waals surface area (Å²) in [5.74, 6) is 0. The van der Waals surface area contributed by atoms with Crippen molar-refractivity contribution in [2.24, 2.45) is 0 Å². The van der Waals surface area contributed by atoms with E-state index >= 15 is 0 Å². The van der Waals surface area contributed by atoms with Gasteiger partial charge in [-0.25, -0.2) is 0 Å². The van der Waals surface area contributed by atoms with E-state index in [2.05, 4.69) is 84.3 Å². The quantitative estimate of drug-likeness (QED) is 0.393. The van der Waals surface area contributed by atoms with E-state index in [0.717, 1.165) is 9.52 Å². The van der Waals surface area contributed by atoms with Crippen molar-refractivity contribution in [3.8, 4) is 0 Å². The van der Waals surface area contributed by atoms with E-state index in [9.17, 15) is 0 Å².